The van der Waals surface area contributed by atoms with Crippen molar-refractivity contribution in [2.75, 3.05) is 48.9 Å². The number of anilines is 4. The second-order valence-electron chi connectivity index (χ2n) is 12.0. The molecule has 0 aromatic heterocycles. The van der Waals surface area contributed by atoms with Crippen LogP contribution in [0.5, 0.6) is 23.0 Å². The van der Waals surface area contributed by atoms with Crippen molar-refractivity contribution >= 4 is 80.8 Å². The van der Waals surface area contributed by atoms with E-state index in [1.54, 1.807) is 72.8 Å². The molecule has 0 spiro atoms. The van der Waals surface area contributed by atoms with Gasteiger partial charge in [-0.3, -0.25) is 30.0 Å². The highest BCUT2D eigenvalue weighted by atomic mass is 35.5. The zero-order valence-corrected chi connectivity index (χ0v) is 33.2. The van der Waals surface area contributed by atoms with Gasteiger partial charge < -0.3 is 29.6 Å². The number of rotatable bonds is 19. The Bertz CT molecular complexity index is 1970. The van der Waals surface area contributed by atoms with Crippen LogP contribution in [0.1, 0.15) is 40.5 Å². The molecule has 56 heavy (non-hydrogen) atoms. The number of carbonyl (C=O) groups excluding carboxylic acids is 4. The summed E-state index contributed by atoms with van der Waals surface area (Å²) < 4.78 is 23.8. The normalized spacial score (nSPS) is 11.3. The number of ketones is 2. The van der Waals surface area contributed by atoms with Crippen LogP contribution in [-0.2, 0) is 19.2 Å². The number of nitrogens with one attached hydrogen (secondary N) is 4. The van der Waals surface area contributed by atoms with Crippen LogP contribution in [0.15, 0.2) is 83.0 Å². The number of amides is 2. The lowest BCUT2D eigenvalue weighted by atomic mass is 10.0. The Labute approximate surface area is 334 Å². The minimum Gasteiger partial charge on any atom is -0.496 e. The van der Waals surface area contributed by atoms with E-state index in [9.17, 15) is 19.2 Å². The smallest absolute Gasteiger partial charge is 0.279 e. The van der Waals surface area contributed by atoms with Gasteiger partial charge in [-0.1, -0.05) is 37.0 Å². The van der Waals surface area contributed by atoms with Crippen LogP contribution in [0.2, 0.25) is 10.0 Å². The van der Waals surface area contributed by atoms with Crippen LogP contribution in [0.3, 0.4) is 0 Å². The summed E-state index contributed by atoms with van der Waals surface area (Å²) in [6, 6.07) is 19.4. The second kappa shape index (κ2) is 20.5. The van der Waals surface area contributed by atoms with Gasteiger partial charge in [0.1, 0.15) is 34.4 Å². The molecule has 16 heteroatoms. The van der Waals surface area contributed by atoms with E-state index in [-0.39, 0.29) is 11.4 Å². The molecule has 0 bridgehead atoms. The molecule has 0 aliphatic rings. The Kier molecular flexibility index (Phi) is 15.6. The Morgan fingerprint density at radius 3 is 1.23 bits per heavy atom. The summed E-state index contributed by atoms with van der Waals surface area (Å²) in [7, 11) is 2.95. The Balaban J connectivity index is 1.74. The van der Waals surface area contributed by atoms with E-state index >= 15 is 0 Å². The summed E-state index contributed by atoms with van der Waals surface area (Å²) in [6.07, 6.45) is 1.34. The number of Topliss-reactive ketones (excluding diaryl/α,β-unsaturated/α-hetero) is 2. The van der Waals surface area contributed by atoms with E-state index < -0.39 is 23.4 Å². The van der Waals surface area contributed by atoms with Crippen molar-refractivity contribution in [3.63, 3.8) is 0 Å². The number of ether oxygens (including phenoxy) is 4. The van der Waals surface area contributed by atoms with Crippen LogP contribution in [0.25, 0.3) is 11.1 Å². The molecule has 294 valence electrons. The van der Waals surface area contributed by atoms with Gasteiger partial charge >= 0.3 is 0 Å². The fraction of sp³-hybridized carbons (Fsp3) is 0.250. The highest BCUT2D eigenvalue weighted by Crippen LogP contribution is 2.46. The third-order valence-corrected chi connectivity index (χ3v) is 8.20. The Morgan fingerprint density at radius 2 is 0.929 bits per heavy atom. The molecule has 0 fully saturated rings. The standard InChI is InChI=1S/C40H42Cl2N6O8/c1-7-17-55-35-19-29(33(53-5)21-31(35)45-47-37(23(3)49)39(51)43-27-13-9-25(41)10-14-27)30-20-36(56-18-8-2)32(22-34(30)54-6)46-48-38(24(4)50)40(52)44-28-15-11-26(42)12-16-28/h9-16,19-22,45-46H,7-8,17-18H2,1-6H3,(H,43,51)(H,44,52)/b47-37+,48-38+. The fourth-order valence-corrected chi connectivity index (χ4v) is 5.23. The number of hydrazone groups is 2. The van der Waals surface area contributed by atoms with Gasteiger partial charge in [0.15, 0.2) is 23.0 Å². The zero-order chi connectivity index (χ0) is 40.8. The van der Waals surface area contributed by atoms with E-state index in [1.807, 2.05) is 13.8 Å². The average Bonchev–Trinajstić information content (AvgIpc) is 3.17. The number of benzene rings is 4. The first-order chi connectivity index (χ1) is 26.9. The summed E-state index contributed by atoms with van der Waals surface area (Å²) in [4.78, 5) is 51.1. The molecule has 0 atom stereocenters. The number of hydrogen-bond donors (Lipinski definition) is 4. The summed E-state index contributed by atoms with van der Waals surface area (Å²) >= 11 is 11.9. The fourth-order valence-electron chi connectivity index (χ4n) is 4.97. The first-order valence-corrected chi connectivity index (χ1v) is 18.2. The van der Waals surface area contributed by atoms with Gasteiger partial charge in [0.25, 0.3) is 11.8 Å². The maximum Gasteiger partial charge on any atom is 0.279 e. The van der Waals surface area contributed by atoms with Gasteiger partial charge in [0.2, 0.25) is 0 Å². The average molecular weight is 806 g/mol. The number of halogens is 2. The number of hydrogen-bond acceptors (Lipinski definition) is 12. The highest BCUT2D eigenvalue weighted by Gasteiger charge is 2.23. The molecule has 4 N–H and O–H groups in total. The molecule has 0 heterocycles. The van der Waals surface area contributed by atoms with E-state index in [2.05, 4.69) is 31.7 Å². The molecule has 0 unspecified atom stereocenters. The number of carbonyl (C=O) groups is 4. The molecule has 0 radical (unpaired) electrons. The van der Waals surface area contributed by atoms with Gasteiger partial charge in [0.05, 0.1) is 27.4 Å². The predicted molar refractivity (Wildman–Crippen MR) is 220 cm³/mol. The van der Waals surface area contributed by atoms with Crippen molar-refractivity contribution in [2.24, 2.45) is 10.2 Å². The van der Waals surface area contributed by atoms with Crippen LogP contribution in [-0.4, -0.2) is 62.2 Å². The quantitative estimate of drug-likeness (QED) is 0.0410. The third kappa shape index (κ3) is 11.4. The largest absolute Gasteiger partial charge is 0.496 e. The minimum atomic E-state index is -0.730. The molecule has 0 saturated heterocycles. The molecule has 2 amide bonds. The summed E-state index contributed by atoms with van der Waals surface area (Å²) in [5, 5.41) is 14.6. The van der Waals surface area contributed by atoms with Gasteiger partial charge in [-0.15, -0.1) is 0 Å². The summed E-state index contributed by atoms with van der Waals surface area (Å²) in [5.41, 5.74) is 7.36. The maximum absolute atomic E-state index is 13.0. The van der Waals surface area contributed by atoms with E-state index in [1.165, 1.54) is 28.1 Å². The van der Waals surface area contributed by atoms with E-state index in [0.717, 1.165) is 0 Å². The van der Waals surface area contributed by atoms with Gasteiger partial charge in [-0.2, -0.15) is 10.2 Å². The molecule has 0 aliphatic carbocycles. The first kappa shape index (κ1) is 42.6. The molecule has 4 aromatic rings. The summed E-state index contributed by atoms with van der Waals surface area (Å²) in [5.74, 6) is -1.27. The predicted octanol–water partition coefficient (Wildman–Crippen LogP) is 8.25. The molecule has 14 nitrogen and oxygen atoms in total. The van der Waals surface area contributed by atoms with Crippen LogP contribution < -0.4 is 40.4 Å². The van der Waals surface area contributed by atoms with Gasteiger partial charge in [-0.05, 0) is 73.5 Å². The molecule has 0 aliphatic heterocycles. The molecular formula is C40H42Cl2N6O8. The molecular weight excluding hydrogens is 763 g/mol. The van der Waals surface area contributed by atoms with Crippen LogP contribution >= 0.6 is 23.2 Å². The Morgan fingerprint density at radius 1 is 0.571 bits per heavy atom. The van der Waals surface area contributed by atoms with Crippen molar-refractivity contribution in [3.8, 4) is 34.1 Å². The third-order valence-electron chi connectivity index (χ3n) is 7.69. The number of methoxy groups -OCH3 is 2. The number of nitrogens with zero attached hydrogens (tertiary/aromatic N) is 2. The minimum absolute atomic E-state index is 0.305. The first-order valence-electron chi connectivity index (χ1n) is 17.4. The lowest BCUT2D eigenvalue weighted by molar-refractivity contribution is -0.116. The van der Waals surface area contributed by atoms with Gasteiger partial charge in [0, 0.05) is 58.5 Å². The molecule has 0 saturated carbocycles. The lowest BCUT2D eigenvalue weighted by Gasteiger charge is -2.20. The lowest BCUT2D eigenvalue weighted by Crippen LogP contribution is -2.29. The van der Waals surface area contributed by atoms with Crippen LogP contribution in [0.4, 0.5) is 22.7 Å². The zero-order valence-electron chi connectivity index (χ0n) is 31.7. The molecule has 4 aromatic carbocycles. The van der Waals surface area contributed by atoms with Crippen molar-refractivity contribution in [2.45, 2.75) is 40.5 Å². The second-order valence-corrected chi connectivity index (χ2v) is 12.8. The van der Waals surface area contributed by atoms with Crippen molar-refractivity contribution in [3.05, 3.63) is 82.8 Å². The molecule has 4 rings (SSSR count). The maximum atomic E-state index is 13.0. The van der Waals surface area contributed by atoms with Gasteiger partial charge in [-0.25, -0.2) is 0 Å². The topological polar surface area (TPSA) is 178 Å². The van der Waals surface area contributed by atoms with Crippen molar-refractivity contribution < 1.29 is 38.1 Å². The highest BCUT2D eigenvalue weighted by molar-refractivity contribution is 6.67. The summed E-state index contributed by atoms with van der Waals surface area (Å²) in [6.45, 7) is 6.99. The van der Waals surface area contributed by atoms with E-state index in [0.29, 0.717) is 93.0 Å². The Hall–Kier alpha value is -6.12. The van der Waals surface area contributed by atoms with E-state index in [4.69, 9.17) is 42.1 Å². The SMILES string of the molecule is CCCOc1cc(-c2cc(OCCC)c(N/N=C(\C(C)=O)C(=O)Nc3ccc(Cl)cc3)cc2OC)c(OC)cc1N/N=C(\C(C)=O)C(=O)Nc1ccc(Cl)cc1. The van der Waals surface area contributed by atoms with Crippen molar-refractivity contribution in [1.29, 1.82) is 0 Å². The monoisotopic (exact) mass is 804 g/mol. The van der Waals surface area contributed by atoms with Crippen LogP contribution in [0, 0.1) is 0 Å². The van der Waals surface area contributed by atoms with Crippen molar-refractivity contribution in [1.82, 2.24) is 0 Å².